The van der Waals surface area contributed by atoms with E-state index in [1.54, 1.807) is 61.6 Å². The Bertz CT molecular complexity index is 1360. The van der Waals surface area contributed by atoms with Crippen molar-refractivity contribution in [2.24, 2.45) is 0 Å². The molecule has 1 aliphatic rings. The smallest absolute Gasteiger partial charge is 0.319 e. The van der Waals surface area contributed by atoms with E-state index in [0.29, 0.717) is 40.6 Å². The zero-order valence-electron chi connectivity index (χ0n) is 20.1. The SMILES string of the molecule is Cc1c(N2CC[C@@H](NC(=O)Nc3ccc(Cl)cc3F)C2O)ccc(-c2ccccc2P(C)(C)=O)c1F. The summed E-state index contributed by atoms with van der Waals surface area (Å²) in [6.45, 7) is 5.29. The number of carbonyl (C=O) groups is 1. The summed E-state index contributed by atoms with van der Waals surface area (Å²) in [7, 11) is -2.64. The third-order valence-electron chi connectivity index (χ3n) is 6.30. The van der Waals surface area contributed by atoms with Crippen molar-refractivity contribution in [3.8, 4) is 11.1 Å². The maximum atomic E-state index is 15.6. The van der Waals surface area contributed by atoms with Gasteiger partial charge in [-0.05, 0) is 62.6 Å². The Morgan fingerprint density at radius 3 is 2.53 bits per heavy atom. The molecule has 2 atom stereocenters. The van der Waals surface area contributed by atoms with Gasteiger partial charge in [-0.3, -0.25) is 0 Å². The second kappa shape index (κ2) is 10.2. The van der Waals surface area contributed by atoms with Crippen molar-refractivity contribution in [2.45, 2.75) is 25.6 Å². The molecule has 1 saturated heterocycles. The van der Waals surface area contributed by atoms with Gasteiger partial charge in [0, 0.05) is 33.7 Å². The molecular weight excluding hydrogens is 507 g/mol. The molecule has 1 heterocycles. The second-order valence-electron chi connectivity index (χ2n) is 9.16. The van der Waals surface area contributed by atoms with Crippen LogP contribution < -0.4 is 20.8 Å². The van der Waals surface area contributed by atoms with Gasteiger partial charge >= 0.3 is 6.03 Å². The standard InChI is InChI=1S/C26H27ClF2N3O3P/c1-15-22(11-9-18(24(15)29)17-6-4-5-7-23(17)36(2,3)35)32-13-12-21(25(32)33)31-26(34)30-20-10-8-16(27)14-19(20)28/h4-11,14,21,25,33H,12-13H2,1-3H3,(H2,30,31,34)/t21-,25?/m1/s1. The number of urea groups is 1. The van der Waals surface area contributed by atoms with Crippen molar-refractivity contribution >= 4 is 41.5 Å². The number of benzene rings is 3. The van der Waals surface area contributed by atoms with Crippen LogP contribution in [0.15, 0.2) is 54.6 Å². The third kappa shape index (κ3) is 5.26. The van der Waals surface area contributed by atoms with Crippen molar-refractivity contribution in [1.29, 1.82) is 0 Å². The van der Waals surface area contributed by atoms with E-state index in [4.69, 9.17) is 11.6 Å². The topological polar surface area (TPSA) is 81.7 Å². The van der Waals surface area contributed by atoms with E-state index < -0.39 is 37.1 Å². The number of anilines is 2. The summed E-state index contributed by atoms with van der Waals surface area (Å²) in [5, 5.41) is 16.8. The van der Waals surface area contributed by atoms with Gasteiger partial charge in [0.2, 0.25) is 0 Å². The van der Waals surface area contributed by atoms with Crippen LogP contribution in [0.4, 0.5) is 25.0 Å². The molecule has 4 rings (SSSR count). The van der Waals surface area contributed by atoms with Crippen molar-refractivity contribution in [3.63, 3.8) is 0 Å². The molecule has 10 heteroatoms. The summed E-state index contributed by atoms with van der Waals surface area (Å²) < 4.78 is 42.3. The van der Waals surface area contributed by atoms with Crippen LogP contribution in [0.5, 0.6) is 0 Å². The second-order valence-corrected chi connectivity index (χ2v) is 12.8. The first-order valence-electron chi connectivity index (χ1n) is 11.4. The molecule has 0 bridgehead atoms. The summed E-state index contributed by atoms with van der Waals surface area (Å²) in [5.74, 6) is -1.14. The summed E-state index contributed by atoms with van der Waals surface area (Å²) in [4.78, 5) is 14.0. The summed E-state index contributed by atoms with van der Waals surface area (Å²) in [6.07, 6.45) is -0.716. The van der Waals surface area contributed by atoms with Gasteiger partial charge in [-0.15, -0.1) is 0 Å². The average Bonchev–Trinajstić information content (AvgIpc) is 3.16. The zero-order valence-corrected chi connectivity index (χ0v) is 21.7. The van der Waals surface area contributed by atoms with Crippen LogP contribution in [0.2, 0.25) is 5.02 Å². The van der Waals surface area contributed by atoms with Gasteiger partial charge in [0.1, 0.15) is 25.0 Å². The van der Waals surface area contributed by atoms with Gasteiger partial charge in [-0.2, -0.15) is 0 Å². The Morgan fingerprint density at radius 1 is 1.11 bits per heavy atom. The molecule has 3 aromatic rings. The van der Waals surface area contributed by atoms with Crippen LogP contribution in [0.1, 0.15) is 12.0 Å². The zero-order chi connectivity index (χ0) is 26.2. The highest BCUT2D eigenvalue weighted by atomic mass is 35.5. The Morgan fingerprint density at radius 2 is 1.83 bits per heavy atom. The largest absolute Gasteiger partial charge is 0.371 e. The highest BCUT2D eigenvalue weighted by molar-refractivity contribution is 7.70. The molecule has 2 amide bonds. The van der Waals surface area contributed by atoms with Crippen LogP contribution >= 0.6 is 18.7 Å². The highest BCUT2D eigenvalue weighted by Crippen LogP contribution is 2.41. The summed E-state index contributed by atoms with van der Waals surface area (Å²) >= 11 is 5.73. The first-order chi connectivity index (χ1) is 17.0. The molecule has 0 aromatic heterocycles. The van der Waals surface area contributed by atoms with Crippen molar-refractivity contribution in [2.75, 3.05) is 30.1 Å². The molecule has 0 aliphatic carbocycles. The van der Waals surface area contributed by atoms with Crippen molar-refractivity contribution in [1.82, 2.24) is 5.32 Å². The minimum atomic E-state index is -2.64. The molecule has 0 spiro atoms. The number of hydrogen-bond donors (Lipinski definition) is 3. The van der Waals surface area contributed by atoms with Crippen molar-refractivity contribution in [3.05, 3.63) is 76.8 Å². The number of rotatable bonds is 5. The highest BCUT2D eigenvalue weighted by Gasteiger charge is 2.35. The van der Waals surface area contributed by atoms with Crippen LogP contribution in [0.3, 0.4) is 0 Å². The van der Waals surface area contributed by atoms with E-state index in [2.05, 4.69) is 10.6 Å². The lowest BCUT2D eigenvalue weighted by molar-refractivity contribution is 0.153. The number of aliphatic hydroxyl groups excluding tert-OH is 1. The molecular formula is C26H27ClF2N3O3P. The number of nitrogens with zero attached hydrogens (tertiary/aromatic N) is 1. The molecule has 36 heavy (non-hydrogen) atoms. The van der Waals surface area contributed by atoms with Crippen LogP contribution in [0, 0.1) is 18.6 Å². The number of hydrogen-bond acceptors (Lipinski definition) is 4. The van der Waals surface area contributed by atoms with Gasteiger partial charge < -0.3 is 25.2 Å². The lowest BCUT2D eigenvalue weighted by Crippen LogP contribution is -2.46. The maximum absolute atomic E-state index is 15.6. The fourth-order valence-corrected chi connectivity index (χ4v) is 5.85. The molecule has 6 nitrogen and oxygen atoms in total. The number of carbonyl (C=O) groups excluding carboxylic acids is 1. The predicted octanol–water partition coefficient (Wildman–Crippen LogP) is 5.56. The van der Waals surface area contributed by atoms with Crippen LogP contribution in [-0.2, 0) is 4.57 Å². The lowest BCUT2D eigenvalue weighted by Gasteiger charge is -2.28. The number of halogens is 3. The van der Waals surface area contributed by atoms with Gasteiger partial charge in [-0.25, -0.2) is 13.6 Å². The number of amides is 2. The molecule has 0 radical (unpaired) electrons. The molecule has 3 N–H and O–H groups in total. The molecule has 1 unspecified atom stereocenters. The third-order valence-corrected chi connectivity index (χ3v) is 8.08. The van der Waals surface area contributed by atoms with E-state index in [1.807, 2.05) is 0 Å². The summed E-state index contributed by atoms with van der Waals surface area (Å²) in [5.41, 5.74) is 1.69. The van der Waals surface area contributed by atoms with E-state index in [1.165, 1.54) is 12.1 Å². The van der Waals surface area contributed by atoms with Gasteiger partial charge in [0.15, 0.2) is 0 Å². The molecule has 3 aromatic carbocycles. The van der Waals surface area contributed by atoms with E-state index in [9.17, 15) is 18.9 Å². The Balaban J connectivity index is 1.53. The Kier molecular flexibility index (Phi) is 7.41. The molecule has 1 aliphatic heterocycles. The quantitative estimate of drug-likeness (QED) is 0.375. The fraction of sp³-hybridized carbons (Fsp3) is 0.269. The first-order valence-corrected chi connectivity index (χ1v) is 14.4. The maximum Gasteiger partial charge on any atom is 0.319 e. The first kappa shape index (κ1) is 26.1. The molecule has 1 fully saturated rings. The Labute approximate surface area is 213 Å². The Hall–Kier alpha value is -2.93. The van der Waals surface area contributed by atoms with E-state index >= 15 is 4.39 Å². The van der Waals surface area contributed by atoms with Gasteiger partial charge in [0.05, 0.1) is 11.7 Å². The average molecular weight is 534 g/mol. The fourth-order valence-electron chi connectivity index (χ4n) is 4.47. The van der Waals surface area contributed by atoms with Gasteiger partial charge in [-0.1, -0.05) is 35.9 Å². The van der Waals surface area contributed by atoms with Crippen molar-refractivity contribution < 1.29 is 23.2 Å². The van der Waals surface area contributed by atoms with E-state index in [-0.39, 0.29) is 10.7 Å². The molecule has 190 valence electrons. The number of aliphatic hydroxyl groups is 1. The monoisotopic (exact) mass is 533 g/mol. The normalized spacial score (nSPS) is 17.8. The summed E-state index contributed by atoms with van der Waals surface area (Å²) in [6, 6.07) is 12.9. The minimum Gasteiger partial charge on any atom is -0.371 e. The predicted molar refractivity (Wildman–Crippen MR) is 141 cm³/mol. The van der Waals surface area contributed by atoms with E-state index in [0.717, 1.165) is 6.07 Å². The lowest BCUT2D eigenvalue weighted by atomic mass is 10.0. The van der Waals surface area contributed by atoms with Crippen LogP contribution in [-0.4, -0.2) is 43.3 Å². The number of nitrogens with one attached hydrogen (secondary N) is 2. The van der Waals surface area contributed by atoms with Crippen LogP contribution in [0.25, 0.3) is 11.1 Å². The minimum absolute atomic E-state index is 0.0428. The van der Waals surface area contributed by atoms with Gasteiger partial charge in [0.25, 0.3) is 0 Å². The molecule has 0 saturated carbocycles.